The van der Waals surface area contributed by atoms with Crippen LogP contribution in [0.15, 0.2) is 11.6 Å². The van der Waals surface area contributed by atoms with Gasteiger partial charge in [-0.05, 0) is 112 Å². The van der Waals surface area contributed by atoms with E-state index in [0.717, 1.165) is 37.7 Å². The van der Waals surface area contributed by atoms with Crippen molar-refractivity contribution in [2.24, 2.45) is 45.3 Å². The van der Waals surface area contributed by atoms with Crippen molar-refractivity contribution in [1.82, 2.24) is 0 Å². The molecule has 5 unspecified atom stereocenters. The molecule has 5 fully saturated rings. The predicted molar refractivity (Wildman–Crippen MR) is 171 cm³/mol. The molecule has 0 aromatic carbocycles. The van der Waals surface area contributed by atoms with Gasteiger partial charge in [0.25, 0.3) is 0 Å². The molecule has 4 saturated carbocycles. The Labute approximate surface area is 274 Å². The Kier molecular flexibility index (Phi) is 10.3. The molecule has 46 heavy (non-hydrogen) atoms. The third kappa shape index (κ3) is 5.37. The van der Waals surface area contributed by atoms with Gasteiger partial charge in [-0.2, -0.15) is 0 Å². The fraction of sp³-hybridized carbons (Fsp3) is 0.944. The van der Waals surface area contributed by atoms with Crippen LogP contribution in [0.25, 0.3) is 0 Å². The standard InChI is InChI=1S/C36H62O10/c1-20(17-37)8-7-13-35(6,46-31-30(44)29(43)28(42)23(18-38)45-31)22-11-15-34(5)21(22)9-10-24-33(4)14-12-26(40)32(2,3)25(33)16-27(41)36(24,34)19-39/h8,21-31,37-44H,7,9-19H2,1-6H3/b20-8-/t21-,22+,23?,24-,25+,26+,27+,28?,29?,30?,31?,33-,34-,35+,36+/m1/s1. The highest BCUT2D eigenvalue weighted by atomic mass is 16.7. The van der Waals surface area contributed by atoms with E-state index in [0.29, 0.717) is 25.7 Å². The minimum Gasteiger partial charge on any atom is -0.396 e. The number of rotatable bonds is 9. The zero-order valence-corrected chi connectivity index (χ0v) is 28.8. The van der Waals surface area contributed by atoms with E-state index in [2.05, 4.69) is 27.7 Å². The average molecular weight is 655 g/mol. The van der Waals surface area contributed by atoms with Crippen LogP contribution in [0.4, 0.5) is 0 Å². The van der Waals surface area contributed by atoms with Crippen LogP contribution >= 0.6 is 0 Å². The van der Waals surface area contributed by atoms with E-state index in [-0.39, 0.29) is 47.7 Å². The van der Waals surface area contributed by atoms with Crippen molar-refractivity contribution in [1.29, 1.82) is 0 Å². The molecular weight excluding hydrogens is 592 g/mol. The topological polar surface area (TPSA) is 180 Å². The molecule has 0 spiro atoms. The van der Waals surface area contributed by atoms with Gasteiger partial charge in [0, 0.05) is 5.41 Å². The monoisotopic (exact) mass is 654 g/mol. The van der Waals surface area contributed by atoms with Gasteiger partial charge in [0.1, 0.15) is 24.4 Å². The highest BCUT2D eigenvalue weighted by molar-refractivity contribution is 5.22. The average Bonchev–Trinajstić information content (AvgIpc) is 3.38. The first-order chi connectivity index (χ1) is 21.5. The minimum atomic E-state index is -1.55. The Morgan fingerprint density at radius 3 is 2.20 bits per heavy atom. The minimum absolute atomic E-state index is 0.0422. The lowest BCUT2D eigenvalue weighted by molar-refractivity contribution is -0.335. The summed E-state index contributed by atoms with van der Waals surface area (Å²) in [5.74, 6) is 0.241. The van der Waals surface area contributed by atoms with E-state index in [4.69, 9.17) is 9.47 Å². The van der Waals surface area contributed by atoms with Gasteiger partial charge >= 0.3 is 0 Å². The highest BCUT2D eigenvalue weighted by Gasteiger charge is 2.74. The molecule has 0 aromatic heterocycles. The van der Waals surface area contributed by atoms with Crippen LogP contribution in [0.1, 0.15) is 99.3 Å². The largest absolute Gasteiger partial charge is 0.396 e. The van der Waals surface area contributed by atoms with E-state index < -0.39 is 66.0 Å². The molecule has 15 atom stereocenters. The van der Waals surface area contributed by atoms with Gasteiger partial charge in [0.2, 0.25) is 0 Å². The predicted octanol–water partition coefficient (Wildman–Crippen LogP) is 2.27. The van der Waals surface area contributed by atoms with Gasteiger partial charge in [-0.3, -0.25) is 0 Å². The first kappa shape index (κ1) is 36.6. The second kappa shape index (κ2) is 12.9. The molecule has 1 heterocycles. The molecule has 4 aliphatic carbocycles. The Morgan fingerprint density at radius 1 is 0.870 bits per heavy atom. The van der Waals surface area contributed by atoms with Crippen LogP contribution in [-0.4, -0.2) is 109 Å². The SMILES string of the molecule is C/C(=C/CC[C@](C)(OC1OC(CO)C(O)C(O)C1O)[C@H]1CC[C@]2(C)[C@@H]1CC[C@@H]1[C@@]3(C)CC[C@H](O)C(C)(C)[C@@H]3C[C@H](O)[C@]12CO)CO. The molecule has 0 aromatic rings. The van der Waals surface area contributed by atoms with Crippen molar-refractivity contribution in [3.8, 4) is 0 Å². The van der Waals surface area contributed by atoms with Crippen molar-refractivity contribution in [2.45, 2.75) is 148 Å². The van der Waals surface area contributed by atoms with Crippen LogP contribution in [0.2, 0.25) is 0 Å². The fourth-order valence-electron chi connectivity index (χ4n) is 12.0. The van der Waals surface area contributed by atoms with Crippen molar-refractivity contribution < 1.29 is 50.3 Å². The lowest BCUT2D eigenvalue weighted by atomic mass is 9.34. The third-order valence-electron chi connectivity index (χ3n) is 14.8. The summed E-state index contributed by atoms with van der Waals surface area (Å²) in [5, 5.41) is 86.1. The summed E-state index contributed by atoms with van der Waals surface area (Å²) in [6.45, 7) is 12.0. The number of ether oxygens (including phenoxy) is 2. The number of aliphatic hydroxyl groups excluding tert-OH is 8. The van der Waals surface area contributed by atoms with Crippen LogP contribution in [-0.2, 0) is 9.47 Å². The van der Waals surface area contributed by atoms with Crippen LogP contribution in [0, 0.1) is 45.3 Å². The molecule has 5 rings (SSSR count). The summed E-state index contributed by atoms with van der Waals surface area (Å²) >= 11 is 0. The second-order valence-electron chi connectivity index (χ2n) is 17.1. The summed E-state index contributed by atoms with van der Waals surface area (Å²) in [6, 6.07) is 0. The molecular formula is C36H62O10. The summed E-state index contributed by atoms with van der Waals surface area (Å²) in [6.07, 6.45) is 0.374. The van der Waals surface area contributed by atoms with Gasteiger partial charge in [0.15, 0.2) is 6.29 Å². The normalized spacial score (nSPS) is 50.3. The van der Waals surface area contributed by atoms with Crippen molar-refractivity contribution in [3.05, 3.63) is 11.6 Å². The number of hydrogen-bond acceptors (Lipinski definition) is 10. The first-order valence-corrected chi connectivity index (χ1v) is 17.7. The fourth-order valence-corrected chi connectivity index (χ4v) is 12.0. The van der Waals surface area contributed by atoms with Crippen molar-refractivity contribution in [2.75, 3.05) is 19.8 Å². The summed E-state index contributed by atoms with van der Waals surface area (Å²) in [4.78, 5) is 0. The van der Waals surface area contributed by atoms with Gasteiger partial charge in [-0.15, -0.1) is 0 Å². The lowest BCUT2D eigenvalue weighted by Crippen LogP contribution is -2.71. The molecule has 0 bridgehead atoms. The quantitative estimate of drug-likeness (QED) is 0.172. The van der Waals surface area contributed by atoms with Gasteiger partial charge < -0.3 is 50.3 Å². The summed E-state index contributed by atoms with van der Waals surface area (Å²) < 4.78 is 12.6. The van der Waals surface area contributed by atoms with E-state index in [9.17, 15) is 40.9 Å². The maximum absolute atomic E-state index is 12.2. The maximum Gasteiger partial charge on any atom is 0.187 e. The smallest absolute Gasteiger partial charge is 0.187 e. The van der Waals surface area contributed by atoms with Crippen LogP contribution < -0.4 is 0 Å². The van der Waals surface area contributed by atoms with Gasteiger partial charge in [0.05, 0.1) is 37.6 Å². The number of allylic oxidation sites excluding steroid dienone is 1. The zero-order chi connectivity index (χ0) is 34.0. The van der Waals surface area contributed by atoms with E-state index in [1.54, 1.807) is 0 Å². The van der Waals surface area contributed by atoms with Gasteiger partial charge in [-0.1, -0.05) is 39.3 Å². The third-order valence-corrected chi connectivity index (χ3v) is 14.8. The second-order valence-corrected chi connectivity index (χ2v) is 17.1. The zero-order valence-electron chi connectivity index (χ0n) is 28.8. The van der Waals surface area contributed by atoms with Crippen LogP contribution in [0.3, 0.4) is 0 Å². The number of aliphatic hydroxyl groups is 8. The molecule has 0 radical (unpaired) electrons. The molecule has 10 heteroatoms. The molecule has 1 saturated heterocycles. The van der Waals surface area contributed by atoms with E-state index in [1.807, 2.05) is 19.9 Å². The maximum atomic E-state index is 12.2. The molecule has 266 valence electrons. The Hall–Kier alpha value is -0.660. The highest BCUT2D eigenvalue weighted by Crippen LogP contribution is 2.76. The molecule has 8 N–H and O–H groups in total. The molecule has 1 aliphatic heterocycles. The lowest BCUT2D eigenvalue weighted by Gasteiger charge is -2.71. The molecule has 5 aliphatic rings. The van der Waals surface area contributed by atoms with Crippen molar-refractivity contribution >= 4 is 0 Å². The van der Waals surface area contributed by atoms with Crippen molar-refractivity contribution in [3.63, 3.8) is 0 Å². The Morgan fingerprint density at radius 2 is 1.57 bits per heavy atom. The van der Waals surface area contributed by atoms with Crippen LogP contribution in [0.5, 0.6) is 0 Å². The Balaban J connectivity index is 1.51. The summed E-state index contributed by atoms with van der Waals surface area (Å²) in [7, 11) is 0. The van der Waals surface area contributed by atoms with Gasteiger partial charge in [-0.25, -0.2) is 0 Å². The van der Waals surface area contributed by atoms with E-state index in [1.165, 1.54) is 0 Å². The molecule has 10 nitrogen and oxygen atoms in total. The Bertz CT molecular complexity index is 1110. The van der Waals surface area contributed by atoms with E-state index >= 15 is 0 Å². The molecule has 0 amide bonds. The summed E-state index contributed by atoms with van der Waals surface area (Å²) in [5.41, 5.74) is -1.68. The number of hydrogen-bond donors (Lipinski definition) is 8. The number of fused-ring (bicyclic) bond motifs is 5. The first-order valence-electron chi connectivity index (χ1n) is 17.7.